The van der Waals surface area contributed by atoms with E-state index in [4.69, 9.17) is 10.5 Å². The summed E-state index contributed by atoms with van der Waals surface area (Å²) < 4.78 is 6.68. The molecule has 0 fully saturated rings. The highest BCUT2D eigenvalue weighted by molar-refractivity contribution is 5.75. The number of nitrogens with zero attached hydrogens (tertiary/aromatic N) is 2. The maximum Gasteiger partial charge on any atom is 0.251 e. The smallest absolute Gasteiger partial charge is 0.251 e. The number of likely N-dealkylation sites (N-methyl/N-ethyl adjacent to an activating group) is 1. The van der Waals surface area contributed by atoms with Gasteiger partial charge in [-0.15, -0.1) is 0 Å². The molecule has 6 heteroatoms. The molecule has 1 heterocycles. The lowest BCUT2D eigenvalue weighted by molar-refractivity contribution is -0.131. The van der Waals surface area contributed by atoms with E-state index in [1.807, 2.05) is 13.8 Å². The molecule has 2 N–H and O–H groups in total. The van der Waals surface area contributed by atoms with Gasteiger partial charge in [-0.25, -0.2) is 0 Å². The van der Waals surface area contributed by atoms with E-state index < -0.39 is 0 Å². The zero-order valence-corrected chi connectivity index (χ0v) is 11.6. The number of ether oxygens (including phenoxy) is 1. The first-order valence-corrected chi connectivity index (χ1v) is 6.21. The highest BCUT2D eigenvalue weighted by Gasteiger charge is 2.10. The number of aromatic nitrogens is 1. The number of carbonyl (C=O) groups is 1. The van der Waals surface area contributed by atoms with E-state index >= 15 is 0 Å². The van der Waals surface area contributed by atoms with Crippen LogP contribution < -0.4 is 11.3 Å². The van der Waals surface area contributed by atoms with Crippen LogP contribution in [0.2, 0.25) is 0 Å². The predicted molar refractivity (Wildman–Crippen MR) is 73.8 cm³/mol. The standard InChI is InChI=1S/C13H21N3O3/c1-10(2)19-7-6-15(3)13(18)9-16-8-11(14)4-5-12(16)17/h4-5,8,10H,6-7,9,14H2,1-3H3. The molecule has 0 aliphatic rings. The molecule has 0 aliphatic carbocycles. The molecule has 0 saturated heterocycles. The monoisotopic (exact) mass is 267 g/mol. The van der Waals surface area contributed by atoms with Crippen LogP contribution >= 0.6 is 0 Å². The first kappa shape index (κ1) is 15.2. The van der Waals surface area contributed by atoms with Gasteiger partial charge in [0.2, 0.25) is 5.91 Å². The summed E-state index contributed by atoms with van der Waals surface area (Å²) in [5, 5.41) is 0. The van der Waals surface area contributed by atoms with Crippen molar-refractivity contribution in [1.82, 2.24) is 9.47 Å². The maximum absolute atomic E-state index is 11.9. The summed E-state index contributed by atoms with van der Waals surface area (Å²) >= 11 is 0. The van der Waals surface area contributed by atoms with Crippen LogP contribution in [0.15, 0.2) is 23.1 Å². The van der Waals surface area contributed by atoms with Crippen molar-refractivity contribution in [2.45, 2.75) is 26.5 Å². The molecule has 0 spiro atoms. The van der Waals surface area contributed by atoms with E-state index in [2.05, 4.69) is 0 Å². The third-order valence-corrected chi connectivity index (χ3v) is 2.62. The van der Waals surface area contributed by atoms with E-state index in [0.717, 1.165) is 0 Å². The molecule has 19 heavy (non-hydrogen) atoms. The van der Waals surface area contributed by atoms with Crippen molar-refractivity contribution in [3.8, 4) is 0 Å². The van der Waals surface area contributed by atoms with Crippen molar-refractivity contribution >= 4 is 11.6 Å². The van der Waals surface area contributed by atoms with Crippen LogP contribution in [0.25, 0.3) is 0 Å². The Hall–Kier alpha value is -1.82. The van der Waals surface area contributed by atoms with Crippen molar-refractivity contribution in [2.75, 3.05) is 25.9 Å². The van der Waals surface area contributed by atoms with E-state index in [1.54, 1.807) is 7.05 Å². The molecule has 1 aromatic heterocycles. The molecule has 1 rings (SSSR count). The van der Waals surface area contributed by atoms with Crippen LogP contribution in [0.4, 0.5) is 5.69 Å². The summed E-state index contributed by atoms with van der Waals surface area (Å²) in [7, 11) is 1.68. The molecule has 1 aromatic rings. The molecule has 6 nitrogen and oxygen atoms in total. The molecular formula is C13H21N3O3. The van der Waals surface area contributed by atoms with Crippen LogP contribution in [0, 0.1) is 0 Å². The van der Waals surface area contributed by atoms with Crippen molar-refractivity contribution in [3.05, 3.63) is 28.7 Å². The lowest BCUT2D eigenvalue weighted by Crippen LogP contribution is -2.35. The fourth-order valence-electron chi connectivity index (χ4n) is 1.49. The summed E-state index contributed by atoms with van der Waals surface area (Å²) in [6, 6.07) is 2.87. The number of hydrogen-bond acceptors (Lipinski definition) is 4. The Morgan fingerprint density at radius 3 is 2.79 bits per heavy atom. The third-order valence-electron chi connectivity index (χ3n) is 2.62. The number of nitrogens with two attached hydrogens (primary N) is 1. The first-order chi connectivity index (χ1) is 8.90. The van der Waals surface area contributed by atoms with Crippen molar-refractivity contribution < 1.29 is 9.53 Å². The van der Waals surface area contributed by atoms with Gasteiger partial charge in [0.05, 0.1) is 12.7 Å². The third kappa shape index (κ3) is 5.13. The second-order valence-electron chi connectivity index (χ2n) is 4.66. The molecule has 106 valence electrons. The SMILES string of the molecule is CC(C)OCCN(C)C(=O)Cn1cc(N)ccc1=O. The summed E-state index contributed by atoms with van der Waals surface area (Å²) in [6.45, 7) is 4.84. The predicted octanol–water partition coefficient (Wildman–Crippen LogP) is 0.314. The molecule has 1 amide bonds. The minimum absolute atomic E-state index is 0.0119. The topological polar surface area (TPSA) is 77.6 Å². The average Bonchev–Trinajstić information content (AvgIpc) is 2.33. The minimum atomic E-state index is -0.241. The zero-order valence-electron chi connectivity index (χ0n) is 11.6. The van der Waals surface area contributed by atoms with Crippen molar-refractivity contribution in [2.24, 2.45) is 0 Å². The minimum Gasteiger partial charge on any atom is -0.398 e. The zero-order chi connectivity index (χ0) is 14.4. The van der Waals surface area contributed by atoms with Crippen LogP contribution in [0.5, 0.6) is 0 Å². The number of carbonyl (C=O) groups excluding carboxylic acids is 1. The first-order valence-electron chi connectivity index (χ1n) is 6.21. The summed E-state index contributed by atoms with van der Waals surface area (Å²) in [5.74, 6) is -0.153. The van der Waals surface area contributed by atoms with Gasteiger partial charge in [-0.1, -0.05) is 0 Å². The Bertz CT molecular complexity index is 482. The molecule has 0 saturated carbocycles. The lowest BCUT2D eigenvalue weighted by Gasteiger charge is -2.18. The molecule has 0 bridgehead atoms. The van der Waals surface area contributed by atoms with Crippen molar-refractivity contribution in [1.29, 1.82) is 0 Å². The normalized spacial score (nSPS) is 10.7. The molecular weight excluding hydrogens is 246 g/mol. The van der Waals surface area contributed by atoms with E-state index in [-0.39, 0.29) is 24.1 Å². The van der Waals surface area contributed by atoms with Gasteiger partial charge in [0.1, 0.15) is 6.54 Å². The van der Waals surface area contributed by atoms with Crippen molar-refractivity contribution in [3.63, 3.8) is 0 Å². The lowest BCUT2D eigenvalue weighted by atomic mass is 10.4. The highest BCUT2D eigenvalue weighted by atomic mass is 16.5. The molecule has 0 aliphatic heterocycles. The highest BCUT2D eigenvalue weighted by Crippen LogP contribution is 1.97. The number of hydrogen-bond donors (Lipinski definition) is 1. The Balaban J connectivity index is 2.54. The van der Waals surface area contributed by atoms with Gasteiger partial charge in [-0.3, -0.25) is 9.59 Å². The van der Waals surface area contributed by atoms with Gasteiger partial charge in [0, 0.05) is 31.5 Å². The summed E-state index contributed by atoms with van der Waals surface area (Å²) in [5.41, 5.74) is 5.80. The number of pyridine rings is 1. The Morgan fingerprint density at radius 2 is 2.16 bits per heavy atom. The van der Waals surface area contributed by atoms with Gasteiger partial charge in [-0.05, 0) is 19.9 Å². The Morgan fingerprint density at radius 1 is 1.47 bits per heavy atom. The Labute approximate surface area is 112 Å². The molecule has 0 aromatic carbocycles. The number of amides is 1. The van der Waals surface area contributed by atoms with Gasteiger partial charge in [-0.2, -0.15) is 0 Å². The maximum atomic E-state index is 11.9. The number of rotatable bonds is 6. The molecule has 0 atom stereocenters. The van der Waals surface area contributed by atoms with E-state index in [1.165, 1.54) is 27.8 Å². The largest absolute Gasteiger partial charge is 0.398 e. The van der Waals surface area contributed by atoms with Crippen LogP contribution in [0.1, 0.15) is 13.8 Å². The summed E-state index contributed by atoms with van der Waals surface area (Å²) in [6.07, 6.45) is 1.61. The fourth-order valence-corrected chi connectivity index (χ4v) is 1.49. The average molecular weight is 267 g/mol. The molecule has 0 unspecified atom stereocenters. The van der Waals surface area contributed by atoms with E-state index in [9.17, 15) is 9.59 Å². The summed E-state index contributed by atoms with van der Waals surface area (Å²) in [4.78, 5) is 25.0. The fraction of sp³-hybridized carbons (Fsp3) is 0.538. The van der Waals surface area contributed by atoms with Gasteiger partial charge in [0.25, 0.3) is 5.56 Å². The van der Waals surface area contributed by atoms with Gasteiger partial charge < -0.3 is 19.9 Å². The van der Waals surface area contributed by atoms with Gasteiger partial charge in [0.15, 0.2) is 0 Å². The Kier molecular flexibility index (Phi) is 5.57. The quantitative estimate of drug-likeness (QED) is 0.805. The number of nitrogen functional groups attached to an aromatic ring is 1. The van der Waals surface area contributed by atoms with Crippen LogP contribution in [0.3, 0.4) is 0 Å². The van der Waals surface area contributed by atoms with Crippen LogP contribution in [-0.4, -0.2) is 41.7 Å². The second kappa shape index (κ2) is 6.94. The molecule has 0 radical (unpaired) electrons. The second-order valence-corrected chi connectivity index (χ2v) is 4.66. The van der Waals surface area contributed by atoms with Crippen LogP contribution in [-0.2, 0) is 16.1 Å². The van der Waals surface area contributed by atoms with Gasteiger partial charge >= 0.3 is 0 Å². The number of anilines is 1. The van der Waals surface area contributed by atoms with E-state index in [0.29, 0.717) is 18.8 Å².